The third-order valence-electron chi connectivity index (χ3n) is 2.14. The quantitative estimate of drug-likeness (QED) is 0.669. The average Bonchev–Trinajstić information content (AvgIpc) is 2.25. The molecule has 1 rings (SSSR count). The molecule has 6 nitrogen and oxygen atoms in total. The van der Waals surface area contributed by atoms with Crippen LogP contribution in [0.15, 0.2) is 18.2 Å². The summed E-state index contributed by atoms with van der Waals surface area (Å²) in [7, 11) is 0. The van der Waals surface area contributed by atoms with Gasteiger partial charge in [-0.3, -0.25) is 0 Å². The number of nitrogens with one attached hydrogen (secondary N) is 1. The standard InChI is InChI=1S/C11H14N2O4/c1-7-6-8(10(14)15)2-3-9(7)13-4-5-17-11(12)16/h2-3,6,13H,4-5H2,1H3,(H2,12,16)(H,14,15). The largest absolute Gasteiger partial charge is 0.478 e. The lowest BCUT2D eigenvalue weighted by atomic mass is 10.1. The predicted octanol–water partition coefficient (Wildman–Crippen LogP) is 1.20. The van der Waals surface area contributed by atoms with Crippen LogP contribution in [-0.4, -0.2) is 30.3 Å². The molecule has 0 fully saturated rings. The number of aromatic carboxylic acids is 1. The molecule has 0 spiro atoms. The van der Waals surface area contributed by atoms with Gasteiger partial charge < -0.3 is 20.9 Å². The van der Waals surface area contributed by atoms with Crippen LogP contribution >= 0.6 is 0 Å². The molecule has 0 heterocycles. The molecule has 0 aromatic heterocycles. The highest BCUT2D eigenvalue weighted by molar-refractivity contribution is 5.88. The Morgan fingerprint density at radius 3 is 2.71 bits per heavy atom. The number of carbonyl (C=O) groups is 2. The van der Waals surface area contributed by atoms with Crippen LogP contribution in [0, 0.1) is 6.92 Å². The van der Waals surface area contributed by atoms with Gasteiger partial charge in [-0.15, -0.1) is 0 Å². The Bertz CT molecular complexity index is 431. The number of hydrogen-bond acceptors (Lipinski definition) is 4. The van der Waals surface area contributed by atoms with Gasteiger partial charge in [0.2, 0.25) is 0 Å². The van der Waals surface area contributed by atoms with Crippen molar-refractivity contribution in [3.05, 3.63) is 29.3 Å². The maximum absolute atomic E-state index is 10.7. The molecular weight excluding hydrogens is 224 g/mol. The molecule has 92 valence electrons. The Hall–Kier alpha value is -2.24. The SMILES string of the molecule is Cc1cc(C(=O)O)ccc1NCCOC(N)=O. The second kappa shape index (κ2) is 5.74. The van der Waals surface area contributed by atoms with E-state index in [4.69, 9.17) is 10.8 Å². The Kier molecular flexibility index (Phi) is 4.33. The Morgan fingerprint density at radius 1 is 1.47 bits per heavy atom. The first-order valence-corrected chi connectivity index (χ1v) is 5.00. The molecular formula is C11H14N2O4. The number of anilines is 1. The lowest BCUT2D eigenvalue weighted by Crippen LogP contribution is -2.18. The number of benzene rings is 1. The van der Waals surface area contributed by atoms with Crippen molar-refractivity contribution in [1.82, 2.24) is 0 Å². The van der Waals surface area contributed by atoms with E-state index < -0.39 is 12.1 Å². The molecule has 6 heteroatoms. The summed E-state index contributed by atoms with van der Waals surface area (Å²) in [6.45, 7) is 2.37. The first-order valence-electron chi connectivity index (χ1n) is 5.00. The monoisotopic (exact) mass is 238 g/mol. The minimum absolute atomic E-state index is 0.162. The number of nitrogens with two attached hydrogens (primary N) is 1. The number of primary amides is 1. The molecule has 0 unspecified atom stereocenters. The lowest BCUT2D eigenvalue weighted by molar-refractivity contribution is 0.0696. The van der Waals surface area contributed by atoms with Crippen LogP contribution in [0.2, 0.25) is 0 Å². The fraction of sp³-hybridized carbons (Fsp3) is 0.273. The van der Waals surface area contributed by atoms with Gasteiger partial charge in [0.05, 0.1) is 5.56 Å². The molecule has 0 saturated heterocycles. The van der Waals surface area contributed by atoms with Crippen LogP contribution in [0.4, 0.5) is 10.5 Å². The number of ether oxygens (including phenoxy) is 1. The molecule has 0 atom stereocenters. The molecule has 0 bridgehead atoms. The van der Waals surface area contributed by atoms with Crippen molar-refractivity contribution in [2.45, 2.75) is 6.92 Å². The summed E-state index contributed by atoms with van der Waals surface area (Å²) in [5.74, 6) is -0.961. The molecule has 0 aliphatic rings. The Morgan fingerprint density at radius 2 is 2.18 bits per heavy atom. The highest BCUT2D eigenvalue weighted by atomic mass is 16.5. The van der Waals surface area contributed by atoms with Gasteiger partial charge in [0.25, 0.3) is 0 Å². The van der Waals surface area contributed by atoms with Crippen molar-refractivity contribution in [3.8, 4) is 0 Å². The molecule has 0 aliphatic heterocycles. The second-order valence-corrected chi connectivity index (χ2v) is 3.43. The topological polar surface area (TPSA) is 102 Å². The van der Waals surface area contributed by atoms with Crippen LogP contribution in [-0.2, 0) is 4.74 Å². The summed E-state index contributed by atoms with van der Waals surface area (Å²) in [6.07, 6.45) is -0.815. The van der Waals surface area contributed by atoms with E-state index >= 15 is 0 Å². The molecule has 4 N–H and O–H groups in total. The van der Waals surface area contributed by atoms with E-state index in [-0.39, 0.29) is 12.2 Å². The van der Waals surface area contributed by atoms with Crippen molar-refractivity contribution in [2.24, 2.45) is 5.73 Å². The van der Waals surface area contributed by atoms with Crippen molar-refractivity contribution in [3.63, 3.8) is 0 Å². The van der Waals surface area contributed by atoms with E-state index in [2.05, 4.69) is 10.1 Å². The number of amides is 1. The first kappa shape index (κ1) is 12.8. The normalized spacial score (nSPS) is 9.71. The van der Waals surface area contributed by atoms with E-state index in [1.54, 1.807) is 19.1 Å². The van der Waals surface area contributed by atoms with E-state index in [0.29, 0.717) is 6.54 Å². The van der Waals surface area contributed by atoms with Gasteiger partial charge >= 0.3 is 12.1 Å². The molecule has 0 aliphatic carbocycles. The van der Waals surface area contributed by atoms with E-state index in [1.807, 2.05) is 0 Å². The van der Waals surface area contributed by atoms with Gasteiger partial charge in [0, 0.05) is 12.2 Å². The van der Waals surface area contributed by atoms with Crippen molar-refractivity contribution < 1.29 is 19.4 Å². The van der Waals surface area contributed by atoms with Gasteiger partial charge in [-0.2, -0.15) is 0 Å². The average molecular weight is 238 g/mol. The summed E-state index contributed by atoms with van der Waals surface area (Å²) in [5, 5.41) is 11.8. The zero-order chi connectivity index (χ0) is 12.8. The van der Waals surface area contributed by atoms with Crippen LogP contribution in [0.1, 0.15) is 15.9 Å². The first-order chi connectivity index (χ1) is 8.00. The number of hydrogen-bond donors (Lipinski definition) is 3. The maximum Gasteiger partial charge on any atom is 0.404 e. The van der Waals surface area contributed by atoms with Gasteiger partial charge in [-0.1, -0.05) is 0 Å². The molecule has 0 radical (unpaired) electrons. The molecule has 1 aromatic rings. The molecule has 1 aromatic carbocycles. The van der Waals surface area contributed by atoms with Crippen molar-refractivity contribution >= 4 is 17.7 Å². The highest BCUT2D eigenvalue weighted by Gasteiger charge is 2.05. The van der Waals surface area contributed by atoms with Gasteiger partial charge in [0.15, 0.2) is 0 Å². The van der Waals surface area contributed by atoms with E-state index in [0.717, 1.165) is 11.3 Å². The summed E-state index contributed by atoms with van der Waals surface area (Å²) in [4.78, 5) is 21.0. The predicted molar refractivity (Wildman–Crippen MR) is 62.2 cm³/mol. The van der Waals surface area contributed by atoms with E-state index in [1.165, 1.54) is 6.07 Å². The third-order valence-corrected chi connectivity index (χ3v) is 2.14. The van der Waals surface area contributed by atoms with Crippen LogP contribution < -0.4 is 11.1 Å². The molecule has 0 saturated carbocycles. The maximum atomic E-state index is 10.7. The molecule has 1 amide bonds. The number of carbonyl (C=O) groups excluding carboxylic acids is 1. The zero-order valence-corrected chi connectivity index (χ0v) is 9.40. The summed E-state index contributed by atoms with van der Waals surface area (Å²) in [5.41, 5.74) is 6.64. The summed E-state index contributed by atoms with van der Waals surface area (Å²) < 4.78 is 4.55. The van der Waals surface area contributed by atoms with Crippen molar-refractivity contribution in [2.75, 3.05) is 18.5 Å². The van der Waals surface area contributed by atoms with Crippen molar-refractivity contribution in [1.29, 1.82) is 0 Å². The number of carboxylic acids is 1. The van der Waals surface area contributed by atoms with Crippen LogP contribution in [0.5, 0.6) is 0 Å². The van der Waals surface area contributed by atoms with Gasteiger partial charge in [0.1, 0.15) is 6.61 Å². The van der Waals surface area contributed by atoms with Crippen LogP contribution in [0.3, 0.4) is 0 Å². The number of carboxylic acid groups (broad SMARTS) is 1. The fourth-order valence-corrected chi connectivity index (χ4v) is 1.33. The summed E-state index contributed by atoms with van der Waals surface area (Å²) >= 11 is 0. The second-order valence-electron chi connectivity index (χ2n) is 3.43. The third kappa shape index (κ3) is 4.02. The molecule has 17 heavy (non-hydrogen) atoms. The lowest BCUT2D eigenvalue weighted by Gasteiger charge is -2.09. The Labute approximate surface area is 98.4 Å². The fourth-order valence-electron chi connectivity index (χ4n) is 1.33. The van der Waals surface area contributed by atoms with Crippen LogP contribution in [0.25, 0.3) is 0 Å². The minimum atomic E-state index is -0.961. The summed E-state index contributed by atoms with van der Waals surface area (Å²) in [6, 6.07) is 4.75. The number of aryl methyl sites for hydroxylation is 1. The van der Waals surface area contributed by atoms with Gasteiger partial charge in [-0.25, -0.2) is 9.59 Å². The van der Waals surface area contributed by atoms with E-state index in [9.17, 15) is 9.59 Å². The Balaban J connectivity index is 2.54. The minimum Gasteiger partial charge on any atom is -0.478 e. The number of rotatable bonds is 5. The zero-order valence-electron chi connectivity index (χ0n) is 9.40. The highest BCUT2D eigenvalue weighted by Crippen LogP contribution is 2.16. The van der Waals surface area contributed by atoms with Gasteiger partial charge in [-0.05, 0) is 30.7 Å². The smallest absolute Gasteiger partial charge is 0.404 e.